The van der Waals surface area contributed by atoms with Crippen molar-refractivity contribution in [1.29, 1.82) is 0 Å². The molecule has 122 valence electrons. The van der Waals surface area contributed by atoms with Crippen molar-refractivity contribution < 1.29 is 13.2 Å². The van der Waals surface area contributed by atoms with Gasteiger partial charge in [-0.25, -0.2) is 8.42 Å². The number of amides is 1. The molecule has 0 heterocycles. The van der Waals surface area contributed by atoms with Gasteiger partial charge in [-0.2, -0.15) is 0 Å². The molecule has 7 heteroatoms. The maximum Gasteiger partial charge on any atom is 0.253 e. The van der Waals surface area contributed by atoms with Crippen LogP contribution in [0.5, 0.6) is 0 Å². The molecule has 1 atom stereocenters. The summed E-state index contributed by atoms with van der Waals surface area (Å²) in [6, 6.07) is 10.7. The highest BCUT2D eigenvalue weighted by atomic mass is 35.5. The van der Waals surface area contributed by atoms with E-state index >= 15 is 0 Å². The third kappa shape index (κ3) is 4.47. The highest BCUT2D eigenvalue weighted by Gasteiger charge is 2.15. The summed E-state index contributed by atoms with van der Waals surface area (Å²) in [6.45, 7) is 1.80. The van der Waals surface area contributed by atoms with E-state index in [1.807, 2.05) is 0 Å². The van der Waals surface area contributed by atoms with Gasteiger partial charge in [0.25, 0.3) is 5.91 Å². The van der Waals surface area contributed by atoms with Crippen LogP contribution in [0.2, 0.25) is 10.0 Å². The standard InChI is InChI=1S/C16H15Cl2NO3S/c1-10(11-3-6-13(7-4-11)23(2,21)22)19-16(20)14-8-5-12(17)9-15(14)18/h3-10H,1-2H3,(H,19,20). The summed E-state index contributed by atoms with van der Waals surface area (Å²) in [5.41, 5.74) is 1.12. The van der Waals surface area contributed by atoms with Gasteiger partial charge in [-0.1, -0.05) is 35.3 Å². The molecular formula is C16H15Cl2NO3S. The van der Waals surface area contributed by atoms with Crippen LogP contribution >= 0.6 is 23.2 Å². The molecule has 4 nitrogen and oxygen atoms in total. The van der Waals surface area contributed by atoms with E-state index in [2.05, 4.69) is 5.32 Å². The lowest BCUT2D eigenvalue weighted by Gasteiger charge is -2.15. The molecule has 0 spiro atoms. The highest BCUT2D eigenvalue weighted by molar-refractivity contribution is 7.90. The third-order valence-electron chi connectivity index (χ3n) is 3.33. The van der Waals surface area contributed by atoms with Crippen LogP contribution in [0, 0.1) is 0 Å². The molecule has 0 aliphatic rings. The zero-order valence-corrected chi connectivity index (χ0v) is 14.8. The van der Waals surface area contributed by atoms with Gasteiger partial charge in [-0.15, -0.1) is 0 Å². The number of hydrogen-bond acceptors (Lipinski definition) is 3. The predicted molar refractivity (Wildman–Crippen MR) is 91.9 cm³/mol. The molecule has 0 saturated heterocycles. The van der Waals surface area contributed by atoms with E-state index in [0.717, 1.165) is 11.8 Å². The lowest BCUT2D eigenvalue weighted by atomic mass is 10.1. The van der Waals surface area contributed by atoms with E-state index in [1.165, 1.54) is 18.2 Å². The Balaban J connectivity index is 2.15. The number of carbonyl (C=O) groups is 1. The van der Waals surface area contributed by atoms with Gasteiger partial charge in [-0.3, -0.25) is 4.79 Å². The molecule has 1 N–H and O–H groups in total. The van der Waals surface area contributed by atoms with Crippen molar-refractivity contribution in [2.24, 2.45) is 0 Å². The summed E-state index contributed by atoms with van der Waals surface area (Å²) >= 11 is 11.8. The topological polar surface area (TPSA) is 63.2 Å². The molecular weight excluding hydrogens is 357 g/mol. The number of sulfone groups is 1. The van der Waals surface area contributed by atoms with Gasteiger partial charge in [0.05, 0.1) is 21.5 Å². The molecule has 0 bridgehead atoms. The molecule has 0 aromatic heterocycles. The van der Waals surface area contributed by atoms with Gasteiger partial charge >= 0.3 is 0 Å². The molecule has 2 aromatic carbocycles. The lowest BCUT2D eigenvalue weighted by molar-refractivity contribution is 0.0940. The molecule has 0 aliphatic carbocycles. The summed E-state index contributed by atoms with van der Waals surface area (Å²) in [6.07, 6.45) is 1.15. The van der Waals surface area contributed by atoms with E-state index < -0.39 is 9.84 Å². The van der Waals surface area contributed by atoms with Gasteiger partial charge in [0.2, 0.25) is 0 Å². The Morgan fingerprint density at radius 2 is 1.70 bits per heavy atom. The van der Waals surface area contributed by atoms with E-state index in [0.29, 0.717) is 10.6 Å². The Kier molecular flexibility index (Phi) is 5.34. The fourth-order valence-electron chi connectivity index (χ4n) is 2.04. The van der Waals surface area contributed by atoms with Crippen molar-refractivity contribution in [3.63, 3.8) is 0 Å². The maximum atomic E-state index is 12.3. The van der Waals surface area contributed by atoms with Gasteiger partial charge < -0.3 is 5.32 Å². The fourth-order valence-corrected chi connectivity index (χ4v) is 3.16. The van der Waals surface area contributed by atoms with Crippen molar-refractivity contribution in [1.82, 2.24) is 5.32 Å². The minimum absolute atomic E-state index is 0.237. The van der Waals surface area contributed by atoms with E-state index in [-0.39, 0.29) is 21.9 Å². The first kappa shape index (κ1) is 17.8. The van der Waals surface area contributed by atoms with Crippen molar-refractivity contribution >= 4 is 38.9 Å². The molecule has 1 amide bonds. The van der Waals surface area contributed by atoms with Gasteiger partial charge in [0, 0.05) is 11.3 Å². The van der Waals surface area contributed by atoms with Crippen LogP contribution in [0.25, 0.3) is 0 Å². The zero-order chi connectivity index (χ0) is 17.2. The summed E-state index contributed by atoms with van der Waals surface area (Å²) in [5, 5.41) is 3.54. The zero-order valence-electron chi connectivity index (χ0n) is 12.5. The molecule has 1 unspecified atom stereocenters. The minimum Gasteiger partial charge on any atom is -0.345 e. The monoisotopic (exact) mass is 371 g/mol. The first-order valence-corrected chi connectivity index (χ1v) is 9.39. The van der Waals surface area contributed by atoms with E-state index in [9.17, 15) is 13.2 Å². The largest absolute Gasteiger partial charge is 0.345 e. The normalized spacial score (nSPS) is 12.7. The highest BCUT2D eigenvalue weighted by Crippen LogP contribution is 2.22. The molecule has 23 heavy (non-hydrogen) atoms. The summed E-state index contributed by atoms with van der Waals surface area (Å²) in [4.78, 5) is 12.5. The van der Waals surface area contributed by atoms with Crippen molar-refractivity contribution in [2.75, 3.05) is 6.26 Å². The average molecular weight is 372 g/mol. The average Bonchev–Trinajstić information content (AvgIpc) is 2.46. The lowest BCUT2D eigenvalue weighted by Crippen LogP contribution is -2.26. The van der Waals surface area contributed by atoms with Crippen molar-refractivity contribution in [3.8, 4) is 0 Å². The fraction of sp³-hybridized carbons (Fsp3) is 0.188. The Labute approximate surface area is 145 Å². The predicted octanol–water partition coefficient (Wildman–Crippen LogP) is 3.89. The Morgan fingerprint density at radius 1 is 1.09 bits per heavy atom. The maximum absolute atomic E-state index is 12.3. The van der Waals surface area contributed by atoms with Gasteiger partial charge in [0.15, 0.2) is 9.84 Å². The Bertz CT molecular complexity index is 833. The Morgan fingerprint density at radius 3 is 2.22 bits per heavy atom. The summed E-state index contributed by atoms with van der Waals surface area (Å²) in [5.74, 6) is -0.327. The molecule has 0 fully saturated rings. The molecule has 0 aliphatic heterocycles. The summed E-state index contributed by atoms with van der Waals surface area (Å²) < 4.78 is 22.9. The first-order chi connectivity index (χ1) is 10.7. The van der Waals surface area contributed by atoms with Crippen LogP contribution in [0.1, 0.15) is 28.9 Å². The number of carbonyl (C=O) groups excluding carboxylic acids is 1. The van der Waals surface area contributed by atoms with Gasteiger partial charge in [0.1, 0.15) is 0 Å². The van der Waals surface area contributed by atoms with E-state index in [4.69, 9.17) is 23.2 Å². The SMILES string of the molecule is CC(NC(=O)c1ccc(Cl)cc1Cl)c1ccc(S(C)(=O)=O)cc1. The number of hydrogen-bond donors (Lipinski definition) is 1. The number of nitrogens with one attached hydrogen (secondary N) is 1. The van der Waals surface area contributed by atoms with Crippen LogP contribution in [-0.4, -0.2) is 20.6 Å². The van der Waals surface area contributed by atoms with Crippen molar-refractivity contribution in [2.45, 2.75) is 17.9 Å². The van der Waals surface area contributed by atoms with Crippen molar-refractivity contribution in [3.05, 3.63) is 63.6 Å². The quantitative estimate of drug-likeness (QED) is 0.886. The second-order valence-electron chi connectivity index (χ2n) is 5.16. The molecule has 0 saturated carbocycles. The molecule has 2 rings (SSSR count). The third-order valence-corrected chi connectivity index (χ3v) is 5.01. The molecule has 0 radical (unpaired) electrons. The van der Waals surface area contributed by atoms with E-state index in [1.54, 1.807) is 31.2 Å². The van der Waals surface area contributed by atoms with Crippen LogP contribution in [0.3, 0.4) is 0 Å². The number of benzene rings is 2. The summed E-state index contributed by atoms with van der Waals surface area (Å²) in [7, 11) is -3.24. The molecule has 2 aromatic rings. The van der Waals surface area contributed by atoms with Crippen LogP contribution in [-0.2, 0) is 9.84 Å². The van der Waals surface area contributed by atoms with Gasteiger partial charge in [-0.05, 0) is 42.8 Å². The van der Waals surface area contributed by atoms with Crippen LogP contribution in [0.4, 0.5) is 0 Å². The Hall–Kier alpha value is -1.56. The second-order valence-corrected chi connectivity index (χ2v) is 8.02. The number of rotatable bonds is 4. The number of halogens is 2. The van der Waals surface area contributed by atoms with Crippen LogP contribution < -0.4 is 5.32 Å². The second kappa shape index (κ2) is 6.91. The smallest absolute Gasteiger partial charge is 0.253 e. The first-order valence-electron chi connectivity index (χ1n) is 6.74. The van der Waals surface area contributed by atoms with Crippen LogP contribution in [0.15, 0.2) is 47.4 Å². The minimum atomic E-state index is -3.24.